The van der Waals surface area contributed by atoms with Crippen molar-refractivity contribution in [2.24, 2.45) is 0 Å². The van der Waals surface area contributed by atoms with Gasteiger partial charge in [-0.05, 0) is 41.7 Å². The van der Waals surface area contributed by atoms with Crippen LogP contribution in [0.1, 0.15) is 42.0 Å². The van der Waals surface area contributed by atoms with Gasteiger partial charge in [0, 0.05) is 26.1 Å². The molecule has 2 aromatic rings. The second-order valence-corrected chi connectivity index (χ2v) is 6.82. The molecule has 1 heterocycles. The van der Waals surface area contributed by atoms with Crippen LogP contribution < -0.4 is 5.32 Å². The summed E-state index contributed by atoms with van der Waals surface area (Å²) in [7, 11) is 0. The van der Waals surface area contributed by atoms with Gasteiger partial charge < -0.3 is 10.2 Å². The number of carbonyl (C=O) groups is 1. The number of benzene rings is 2. The van der Waals surface area contributed by atoms with Crippen molar-refractivity contribution in [3.05, 3.63) is 71.0 Å². The maximum absolute atomic E-state index is 13.6. The Hall–Kier alpha value is -2.20. The topological polar surface area (TPSA) is 32.3 Å². The van der Waals surface area contributed by atoms with Crippen molar-refractivity contribution in [2.45, 2.75) is 32.2 Å². The van der Waals surface area contributed by atoms with Crippen LogP contribution in [0, 0.1) is 12.7 Å². The van der Waals surface area contributed by atoms with Crippen molar-refractivity contribution in [3.63, 3.8) is 0 Å². The standard InChI is InChI=1S/C21H25FN2O/c1-15-6-3-4-9-19(15)16(2)12-21(25)24-11-10-23-14-20(24)17-7-5-8-18(22)13-17/h3-9,13,16,20,23H,10-12,14H2,1-2H3. The third-order valence-corrected chi connectivity index (χ3v) is 5.00. The van der Waals surface area contributed by atoms with Gasteiger partial charge in [-0.25, -0.2) is 4.39 Å². The molecule has 132 valence electrons. The molecule has 1 aliphatic rings. The fraction of sp³-hybridized carbons (Fsp3) is 0.381. The Labute approximate surface area is 148 Å². The fourth-order valence-corrected chi connectivity index (χ4v) is 3.64. The molecule has 2 unspecified atom stereocenters. The quantitative estimate of drug-likeness (QED) is 0.918. The Morgan fingerprint density at radius 3 is 2.84 bits per heavy atom. The molecule has 0 bridgehead atoms. The second-order valence-electron chi connectivity index (χ2n) is 6.82. The largest absolute Gasteiger partial charge is 0.333 e. The molecule has 0 aromatic heterocycles. The van der Waals surface area contributed by atoms with Crippen LogP contribution in [0.4, 0.5) is 4.39 Å². The smallest absolute Gasteiger partial charge is 0.223 e. The molecule has 1 N–H and O–H groups in total. The van der Waals surface area contributed by atoms with Crippen LogP contribution in [0.15, 0.2) is 48.5 Å². The molecule has 2 aromatic carbocycles. The van der Waals surface area contributed by atoms with Gasteiger partial charge in [0.05, 0.1) is 6.04 Å². The Morgan fingerprint density at radius 1 is 1.28 bits per heavy atom. The van der Waals surface area contributed by atoms with Crippen LogP contribution in [0.25, 0.3) is 0 Å². The second kappa shape index (κ2) is 7.79. The molecule has 0 aliphatic carbocycles. The van der Waals surface area contributed by atoms with E-state index in [0.29, 0.717) is 19.5 Å². The zero-order valence-corrected chi connectivity index (χ0v) is 14.8. The van der Waals surface area contributed by atoms with Crippen molar-refractivity contribution in [1.82, 2.24) is 10.2 Å². The molecule has 1 amide bonds. The number of aryl methyl sites for hydroxylation is 1. The Balaban J connectivity index is 1.76. The highest BCUT2D eigenvalue weighted by Gasteiger charge is 2.29. The number of piperazine rings is 1. The van der Waals surface area contributed by atoms with E-state index < -0.39 is 0 Å². The van der Waals surface area contributed by atoms with Crippen LogP contribution in [0.5, 0.6) is 0 Å². The number of hydrogen-bond acceptors (Lipinski definition) is 2. The zero-order valence-electron chi connectivity index (χ0n) is 14.8. The molecule has 1 fully saturated rings. The summed E-state index contributed by atoms with van der Waals surface area (Å²) in [5, 5.41) is 3.32. The van der Waals surface area contributed by atoms with Gasteiger partial charge in [0.15, 0.2) is 0 Å². The number of nitrogens with zero attached hydrogens (tertiary/aromatic N) is 1. The minimum atomic E-state index is -0.260. The van der Waals surface area contributed by atoms with E-state index in [-0.39, 0.29) is 23.7 Å². The molecule has 2 atom stereocenters. The number of nitrogens with one attached hydrogen (secondary N) is 1. The van der Waals surface area contributed by atoms with Gasteiger partial charge in [-0.15, -0.1) is 0 Å². The molecule has 1 aliphatic heterocycles. The number of halogens is 1. The van der Waals surface area contributed by atoms with Crippen LogP contribution >= 0.6 is 0 Å². The van der Waals surface area contributed by atoms with E-state index >= 15 is 0 Å². The van der Waals surface area contributed by atoms with Gasteiger partial charge in [0.1, 0.15) is 5.82 Å². The predicted molar refractivity (Wildman–Crippen MR) is 97.9 cm³/mol. The molecule has 3 rings (SSSR count). The fourth-order valence-electron chi connectivity index (χ4n) is 3.64. The summed E-state index contributed by atoms with van der Waals surface area (Å²) in [5.74, 6) is 0.0343. The van der Waals surface area contributed by atoms with Crippen LogP contribution in [0.2, 0.25) is 0 Å². The summed E-state index contributed by atoms with van der Waals surface area (Å²) in [5.41, 5.74) is 3.28. The Morgan fingerprint density at radius 2 is 2.08 bits per heavy atom. The first-order valence-electron chi connectivity index (χ1n) is 8.87. The van der Waals surface area contributed by atoms with Gasteiger partial charge in [-0.3, -0.25) is 4.79 Å². The van der Waals surface area contributed by atoms with E-state index in [4.69, 9.17) is 0 Å². The third-order valence-electron chi connectivity index (χ3n) is 5.00. The van der Waals surface area contributed by atoms with Gasteiger partial charge in [-0.1, -0.05) is 43.3 Å². The molecule has 0 saturated carbocycles. The van der Waals surface area contributed by atoms with Crippen molar-refractivity contribution >= 4 is 5.91 Å². The summed E-state index contributed by atoms with van der Waals surface area (Å²) in [6, 6.07) is 14.7. The van der Waals surface area contributed by atoms with E-state index in [1.807, 2.05) is 23.1 Å². The highest BCUT2D eigenvalue weighted by atomic mass is 19.1. The SMILES string of the molecule is Cc1ccccc1C(C)CC(=O)N1CCNCC1c1cccc(F)c1. The van der Waals surface area contributed by atoms with Crippen LogP contribution in [-0.4, -0.2) is 30.4 Å². The Kier molecular flexibility index (Phi) is 5.49. The minimum Gasteiger partial charge on any atom is -0.333 e. The molecule has 3 nitrogen and oxygen atoms in total. The van der Waals surface area contributed by atoms with Gasteiger partial charge in [0.25, 0.3) is 0 Å². The van der Waals surface area contributed by atoms with Crippen LogP contribution in [0.3, 0.4) is 0 Å². The van der Waals surface area contributed by atoms with E-state index in [1.165, 1.54) is 23.3 Å². The lowest BCUT2D eigenvalue weighted by Gasteiger charge is -2.37. The molecule has 0 radical (unpaired) electrons. The van der Waals surface area contributed by atoms with E-state index in [9.17, 15) is 9.18 Å². The predicted octanol–water partition coefficient (Wildman–Crippen LogP) is 3.80. The number of amides is 1. The number of rotatable bonds is 4. The zero-order chi connectivity index (χ0) is 17.8. The summed E-state index contributed by atoms with van der Waals surface area (Å²) in [4.78, 5) is 14.9. The van der Waals surface area contributed by atoms with Crippen molar-refractivity contribution in [1.29, 1.82) is 0 Å². The lowest BCUT2D eigenvalue weighted by Crippen LogP contribution is -2.48. The average Bonchev–Trinajstić information content (AvgIpc) is 2.62. The monoisotopic (exact) mass is 340 g/mol. The van der Waals surface area contributed by atoms with E-state index in [1.54, 1.807) is 6.07 Å². The molecular formula is C21H25FN2O. The lowest BCUT2D eigenvalue weighted by molar-refractivity contribution is -0.134. The summed E-state index contributed by atoms with van der Waals surface area (Å²) in [6.45, 7) is 6.26. The summed E-state index contributed by atoms with van der Waals surface area (Å²) >= 11 is 0. The Bertz CT molecular complexity index is 746. The van der Waals surface area contributed by atoms with Crippen molar-refractivity contribution in [3.8, 4) is 0 Å². The van der Waals surface area contributed by atoms with Crippen molar-refractivity contribution < 1.29 is 9.18 Å². The lowest BCUT2D eigenvalue weighted by atomic mass is 9.92. The molecule has 1 saturated heterocycles. The maximum atomic E-state index is 13.6. The molecule has 0 spiro atoms. The number of hydrogen-bond donors (Lipinski definition) is 1. The van der Waals surface area contributed by atoms with Gasteiger partial charge in [0.2, 0.25) is 5.91 Å². The normalized spacial score (nSPS) is 18.8. The summed E-state index contributed by atoms with van der Waals surface area (Å²) < 4.78 is 13.6. The molecular weight excluding hydrogens is 315 g/mol. The van der Waals surface area contributed by atoms with Crippen molar-refractivity contribution in [2.75, 3.05) is 19.6 Å². The first kappa shape index (κ1) is 17.6. The average molecular weight is 340 g/mol. The minimum absolute atomic E-state index is 0.110. The first-order valence-corrected chi connectivity index (χ1v) is 8.87. The summed E-state index contributed by atoms with van der Waals surface area (Å²) in [6.07, 6.45) is 0.469. The third kappa shape index (κ3) is 4.07. The maximum Gasteiger partial charge on any atom is 0.223 e. The number of carbonyl (C=O) groups excluding carboxylic acids is 1. The first-order chi connectivity index (χ1) is 12.1. The molecule has 4 heteroatoms. The van der Waals surface area contributed by atoms with Gasteiger partial charge >= 0.3 is 0 Å². The highest BCUT2D eigenvalue weighted by molar-refractivity contribution is 5.78. The van der Waals surface area contributed by atoms with Gasteiger partial charge in [-0.2, -0.15) is 0 Å². The van der Waals surface area contributed by atoms with Crippen LogP contribution in [-0.2, 0) is 4.79 Å². The van der Waals surface area contributed by atoms with E-state index in [2.05, 4.69) is 31.3 Å². The van der Waals surface area contributed by atoms with E-state index in [0.717, 1.165) is 12.1 Å². The molecule has 25 heavy (non-hydrogen) atoms. The highest BCUT2D eigenvalue weighted by Crippen LogP contribution is 2.28.